The Hall–Kier alpha value is -3.80. The average molecular weight is 450 g/mol. The Balaban J connectivity index is 1.75. The van der Waals surface area contributed by atoms with Crippen LogP contribution in [-0.2, 0) is 11.5 Å². The standard InChI is InChI=1S/C19H16F2N4O5S/c1-9-14(19(28)29-2)18(31-15(9)16(22)26)23-17(27)12-5-6-25(24-12)8-30-13-4-3-10(20)7-11(13)21/h3-7H,8H2,1-2H3,(H2,22,26)(H,23,27). The molecule has 3 N–H and O–H groups in total. The topological polar surface area (TPSA) is 126 Å². The van der Waals surface area contributed by atoms with Crippen LogP contribution in [0, 0.1) is 18.6 Å². The molecule has 0 aliphatic carbocycles. The number of rotatable bonds is 7. The van der Waals surface area contributed by atoms with E-state index in [4.69, 9.17) is 15.2 Å². The quantitative estimate of drug-likeness (QED) is 0.533. The lowest BCUT2D eigenvalue weighted by atomic mass is 10.1. The van der Waals surface area contributed by atoms with Crippen LogP contribution in [0.5, 0.6) is 5.75 Å². The summed E-state index contributed by atoms with van der Waals surface area (Å²) in [5.74, 6) is -3.96. The second-order valence-corrected chi connectivity index (χ2v) is 7.18. The number of nitrogens with zero attached hydrogens (tertiary/aromatic N) is 2. The number of benzene rings is 1. The number of hydrogen-bond acceptors (Lipinski definition) is 7. The maximum Gasteiger partial charge on any atom is 0.341 e. The van der Waals surface area contributed by atoms with E-state index in [0.29, 0.717) is 11.6 Å². The van der Waals surface area contributed by atoms with Crippen molar-refractivity contribution in [1.82, 2.24) is 9.78 Å². The van der Waals surface area contributed by atoms with Gasteiger partial charge in [0.2, 0.25) is 0 Å². The van der Waals surface area contributed by atoms with Crippen LogP contribution in [0.4, 0.5) is 13.8 Å². The van der Waals surface area contributed by atoms with Crippen molar-refractivity contribution in [2.75, 3.05) is 12.4 Å². The molecule has 3 rings (SSSR count). The first-order valence-electron chi connectivity index (χ1n) is 8.65. The van der Waals surface area contributed by atoms with Gasteiger partial charge in [-0.05, 0) is 30.7 Å². The van der Waals surface area contributed by atoms with E-state index in [0.717, 1.165) is 23.5 Å². The van der Waals surface area contributed by atoms with E-state index in [2.05, 4.69) is 10.4 Å². The molecule has 0 aliphatic rings. The van der Waals surface area contributed by atoms with Gasteiger partial charge in [-0.1, -0.05) is 0 Å². The summed E-state index contributed by atoms with van der Waals surface area (Å²) >= 11 is 0.839. The van der Waals surface area contributed by atoms with Crippen LogP contribution >= 0.6 is 11.3 Å². The predicted molar refractivity (Wildman–Crippen MR) is 106 cm³/mol. The third kappa shape index (κ3) is 4.69. The first-order valence-corrected chi connectivity index (χ1v) is 9.47. The molecule has 31 heavy (non-hydrogen) atoms. The van der Waals surface area contributed by atoms with Crippen LogP contribution in [0.3, 0.4) is 0 Å². The van der Waals surface area contributed by atoms with Gasteiger partial charge in [0.25, 0.3) is 11.8 Å². The number of aromatic nitrogens is 2. The molecular weight excluding hydrogens is 434 g/mol. The summed E-state index contributed by atoms with van der Waals surface area (Å²) in [5, 5.41) is 6.61. The van der Waals surface area contributed by atoms with Crippen LogP contribution in [0.1, 0.15) is 36.1 Å². The molecule has 0 bridgehead atoms. The number of halogens is 2. The van der Waals surface area contributed by atoms with Gasteiger partial charge >= 0.3 is 5.97 Å². The smallest absolute Gasteiger partial charge is 0.341 e. The maximum atomic E-state index is 13.6. The number of carbonyl (C=O) groups excluding carboxylic acids is 3. The van der Waals surface area contributed by atoms with Crippen molar-refractivity contribution in [1.29, 1.82) is 0 Å². The minimum Gasteiger partial charge on any atom is -0.468 e. The zero-order valence-corrected chi connectivity index (χ0v) is 17.1. The van der Waals surface area contributed by atoms with Gasteiger partial charge in [-0.15, -0.1) is 11.3 Å². The monoisotopic (exact) mass is 450 g/mol. The van der Waals surface area contributed by atoms with E-state index in [9.17, 15) is 23.2 Å². The highest BCUT2D eigenvalue weighted by atomic mass is 32.1. The molecule has 2 aromatic heterocycles. The summed E-state index contributed by atoms with van der Waals surface area (Å²) in [4.78, 5) is 36.3. The number of nitrogens with two attached hydrogens (primary N) is 1. The van der Waals surface area contributed by atoms with E-state index in [1.807, 2.05) is 0 Å². The zero-order valence-electron chi connectivity index (χ0n) is 16.3. The highest BCUT2D eigenvalue weighted by Crippen LogP contribution is 2.33. The lowest BCUT2D eigenvalue weighted by molar-refractivity contribution is 0.0601. The molecule has 0 spiro atoms. The molecule has 3 aromatic rings. The van der Waals surface area contributed by atoms with E-state index >= 15 is 0 Å². The Bertz CT molecular complexity index is 1170. The van der Waals surface area contributed by atoms with Gasteiger partial charge in [-0.2, -0.15) is 5.10 Å². The lowest BCUT2D eigenvalue weighted by Crippen LogP contribution is -2.16. The lowest BCUT2D eigenvalue weighted by Gasteiger charge is -2.07. The normalized spacial score (nSPS) is 10.6. The van der Waals surface area contributed by atoms with Crippen LogP contribution in [0.2, 0.25) is 0 Å². The van der Waals surface area contributed by atoms with Gasteiger partial charge in [0.15, 0.2) is 24.0 Å². The fourth-order valence-electron chi connectivity index (χ4n) is 2.63. The van der Waals surface area contributed by atoms with E-state index in [1.54, 1.807) is 0 Å². The number of primary amides is 1. The van der Waals surface area contributed by atoms with Gasteiger partial charge in [0, 0.05) is 12.3 Å². The summed E-state index contributed by atoms with van der Waals surface area (Å²) in [6.07, 6.45) is 1.41. The highest BCUT2D eigenvalue weighted by Gasteiger charge is 2.26. The fourth-order valence-corrected chi connectivity index (χ4v) is 3.68. The first kappa shape index (κ1) is 21.9. The van der Waals surface area contributed by atoms with Gasteiger partial charge in [0.1, 0.15) is 10.8 Å². The van der Waals surface area contributed by atoms with E-state index < -0.39 is 29.4 Å². The Labute approximate surface area is 178 Å². The maximum absolute atomic E-state index is 13.6. The molecule has 0 saturated heterocycles. The van der Waals surface area contributed by atoms with Gasteiger partial charge in [0.05, 0.1) is 17.6 Å². The molecular formula is C19H16F2N4O5S. The second-order valence-electron chi connectivity index (χ2n) is 6.16. The molecule has 2 heterocycles. The molecule has 9 nitrogen and oxygen atoms in total. The largest absolute Gasteiger partial charge is 0.468 e. The van der Waals surface area contributed by atoms with Crippen molar-refractivity contribution >= 4 is 34.1 Å². The third-order valence-corrected chi connectivity index (χ3v) is 5.33. The molecule has 162 valence electrons. The molecule has 2 amide bonds. The number of methoxy groups -OCH3 is 1. The summed E-state index contributed by atoms with van der Waals surface area (Å²) in [6.45, 7) is 1.27. The van der Waals surface area contributed by atoms with E-state index in [-0.39, 0.29) is 33.6 Å². The second kappa shape index (κ2) is 8.92. The first-order chi connectivity index (χ1) is 14.7. The third-order valence-electron chi connectivity index (χ3n) is 4.11. The summed E-state index contributed by atoms with van der Waals surface area (Å²) < 4.78 is 37.7. The average Bonchev–Trinajstić information content (AvgIpc) is 3.31. The molecule has 0 fully saturated rings. The minimum absolute atomic E-state index is 0.0178. The van der Waals surface area contributed by atoms with Crippen molar-refractivity contribution in [2.45, 2.75) is 13.7 Å². The Morgan fingerprint density at radius 3 is 2.65 bits per heavy atom. The van der Waals surface area contributed by atoms with Crippen LogP contribution in [0.15, 0.2) is 30.5 Å². The number of esters is 1. The van der Waals surface area contributed by atoms with Crippen molar-refractivity contribution in [2.24, 2.45) is 5.73 Å². The molecule has 0 unspecified atom stereocenters. The Kier molecular flexibility index (Phi) is 6.30. The van der Waals surface area contributed by atoms with Crippen molar-refractivity contribution in [3.8, 4) is 5.75 Å². The molecule has 1 aromatic carbocycles. The summed E-state index contributed by atoms with van der Waals surface area (Å²) in [7, 11) is 1.17. The van der Waals surface area contributed by atoms with Gasteiger partial charge in [-0.25, -0.2) is 18.3 Å². The number of ether oxygens (including phenoxy) is 2. The number of amides is 2. The molecule has 0 saturated carbocycles. The predicted octanol–water partition coefficient (Wildman–Crippen LogP) is 2.71. The molecule has 0 atom stereocenters. The zero-order chi connectivity index (χ0) is 22.7. The number of carbonyl (C=O) groups is 3. The number of hydrogen-bond donors (Lipinski definition) is 2. The van der Waals surface area contributed by atoms with Crippen molar-refractivity contribution < 1.29 is 32.6 Å². The van der Waals surface area contributed by atoms with Gasteiger partial charge in [-0.3, -0.25) is 9.59 Å². The van der Waals surface area contributed by atoms with E-state index in [1.165, 1.54) is 31.0 Å². The number of nitrogens with one attached hydrogen (secondary N) is 1. The van der Waals surface area contributed by atoms with Crippen LogP contribution in [-0.4, -0.2) is 34.7 Å². The van der Waals surface area contributed by atoms with Crippen molar-refractivity contribution in [3.63, 3.8) is 0 Å². The van der Waals surface area contributed by atoms with Crippen LogP contribution < -0.4 is 15.8 Å². The highest BCUT2D eigenvalue weighted by molar-refractivity contribution is 7.18. The fraction of sp³-hybridized carbons (Fsp3) is 0.158. The molecule has 0 radical (unpaired) electrons. The number of anilines is 1. The Morgan fingerprint density at radius 1 is 1.26 bits per heavy atom. The minimum atomic E-state index is -0.876. The SMILES string of the molecule is COC(=O)c1c(NC(=O)c2ccn(COc3ccc(F)cc3F)n2)sc(C(N)=O)c1C. The Morgan fingerprint density at radius 2 is 2.00 bits per heavy atom. The summed E-state index contributed by atoms with van der Waals surface area (Å²) in [5.41, 5.74) is 5.59. The molecule has 0 aliphatic heterocycles. The van der Waals surface area contributed by atoms with Crippen LogP contribution in [0.25, 0.3) is 0 Å². The molecule has 12 heteroatoms. The van der Waals surface area contributed by atoms with Gasteiger partial charge < -0.3 is 20.5 Å². The summed E-state index contributed by atoms with van der Waals surface area (Å²) in [6, 6.07) is 4.22. The van der Waals surface area contributed by atoms with Crippen molar-refractivity contribution in [3.05, 3.63) is 63.8 Å². The number of thiophene rings is 1.